The molecule has 50 valence electrons. The van der Waals surface area contributed by atoms with Crippen LogP contribution in [0.2, 0.25) is 0 Å². The number of hydrogen-bond acceptors (Lipinski definition) is 4. The molecule has 0 bridgehead atoms. The zero-order chi connectivity index (χ0) is 6.69. The molecule has 0 saturated carbocycles. The van der Waals surface area contributed by atoms with Crippen LogP contribution < -0.4 is 4.74 Å². The van der Waals surface area contributed by atoms with Crippen LogP contribution in [0.1, 0.15) is 12.6 Å². The molecule has 0 fully saturated rings. The molecule has 1 aromatic heterocycles. The average Bonchev–Trinajstić information content (AvgIpc) is 2.18. The molecule has 9 heavy (non-hydrogen) atoms. The van der Waals surface area contributed by atoms with Gasteiger partial charge in [-0.2, -0.15) is 0 Å². The van der Waals surface area contributed by atoms with Gasteiger partial charge in [0.25, 0.3) is 0 Å². The van der Waals surface area contributed by atoms with Crippen LogP contribution >= 0.6 is 11.5 Å². The summed E-state index contributed by atoms with van der Waals surface area (Å²) in [5, 5.41) is 4.61. The Kier molecular flexibility index (Phi) is 2.00. The molecule has 0 spiro atoms. The summed E-state index contributed by atoms with van der Waals surface area (Å²) < 4.78 is 8.88. The summed E-state index contributed by atoms with van der Waals surface area (Å²) >= 11 is 1.29. The molecule has 4 heteroatoms. The highest BCUT2D eigenvalue weighted by molar-refractivity contribution is 7.07. The second-order valence-corrected chi connectivity index (χ2v) is 2.30. The van der Waals surface area contributed by atoms with Crippen molar-refractivity contribution in [1.29, 1.82) is 0 Å². The van der Waals surface area contributed by atoms with Crippen LogP contribution in [0.25, 0.3) is 0 Å². The third-order valence-electron chi connectivity index (χ3n) is 0.885. The van der Waals surface area contributed by atoms with Crippen LogP contribution in [-0.2, 0) is 0 Å². The van der Waals surface area contributed by atoms with Gasteiger partial charge < -0.3 is 4.74 Å². The predicted octanol–water partition coefficient (Wildman–Crippen LogP) is 1.25. The molecule has 0 aliphatic carbocycles. The molecule has 1 aromatic rings. The van der Waals surface area contributed by atoms with Crippen LogP contribution in [0.3, 0.4) is 0 Å². The van der Waals surface area contributed by atoms with Crippen LogP contribution in [0.5, 0.6) is 5.06 Å². The largest absolute Gasteiger partial charge is 0.482 e. The van der Waals surface area contributed by atoms with Gasteiger partial charge in [0.15, 0.2) is 0 Å². The molecule has 0 radical (unpaired) electrons. The van der Waals surface area contributed by atoms with Gasteiger partial charge in [-0.15, -0.1) is 5.10 Å². The van der Waals surface area contributed by atoms with Gasteiger partial charge in [-0.25, -0.2) is 0 Å². The fraction of sp³-hybridized carbons (Fsp3) is 0.600. The Balaban J connectivity index is 2.69. The van der Waals surface area contributed by atoms with E-state index in [4.69, 9.17) is 4.74 Å². The fourth-order valence-electron chi connectivity index (χ4n) is 0.487. The van der Waals surface area contributed by atoms with Crippen molar-refractivity contribution in [2.75, 3.05) is 6.61 Å². The van der Waals surface area contributed by atoms with Gasteiger partial charge in [-0.1, -0.05) is 4.49 Å². The number of nitrogens with zero attached hydrogens (tertiary/aromatic N) is 2. The highest BCUT2D eigenvalue weighted by Gasteiger charge is 2.00. The van der Waals surface area contributed by atoms with Gasteiger partial charge in [0.1, 0.15) is 5.69 Å². The van der Waals surface area contributed by atoms with Crippen molar-refractivity contribution in [3.05, 3.63) is 5.69 Å². The Hall–Kier alpha value is -0.640. The van der Waals surface area contributed by atoms with Crippen molar-refractivity contribution in [3.8, 4) is 5.06 Å². The van der Waals surface area contributed by atoms with Gasteiger partial charge in [0, 0.05) is 11.5 Å². The van der Waals surface area contributed by atoms with Gasteiger partial charge in [0.05, 0.1) is 6.61 Å². The summed E-state index contributed by atoms with van der Waals surface area (Å²) in [5.74, 6) is 0. The number of rotatable bonds is 2. The highest BCUT2D eigenvalue weighted by atomic mass is 32.1. The summed E-state index contributed by atoms with van der Waals surface area (Å²) in [5.41, 5.74) is 0.877. The first kappa shape index (κ1) is 6.48. The smallest absolute Gasteiger partial charge is 0.217 e. The van der Waals surface area contributed by atoms with Gasteiger partial charge in [-0.3, -0.25) is 0 Å². The van der Waals surface area contributed by atoms with Crippen LogP contribution in [-0.4, -0.2) is 16.2 Å². The van der Waals surface area contributed by atoms with E-state index in [2.05, 4.69) is 9.59 Å². The molecular weight excluding hydrogens is 136 g/mol. The van der Waals surface area contributed by atoms with E-state index in [0.717, 1.165) is 10.8 Å². The molecular formula is C5H8N2OS. The quantitative estimate of drug-likeness (QED) is 0.626. The van der Waals surface area contributed by atoms with Crippen LogP contribution in [0.4, 0.5) is 0 Å². The van der Waals surface area contributed by atoms with E-state index in [-0.39, 0.29) is 0 Å². The molecule has 0 aliphatic rings. The molecule has 0 atom stereocenters. The maximum atomic E-state index is 5.17. The molecule has 0 aliphatic heterocycles. The third-order valence-corrected chi connectivity index (χ3v) is 1.63. The molecule has 1 rings (SSSR count). The lowest BCUT2D eigenvalue weighted by atomic mass is 10.6. The van der Waals surface area contributed by atoms with Gasteiger partial charge >= 0.3 is 0 Å². The minimum Gasteiger partial charge on any atom is -0.482 e. The summed E-state index contributed by atoms with van der Waals surface area (Å²) in [6.45, 7) is 4.51. The van der Waals surface area contributed by atoms with E-state index in [1.165, 1.54) is 11.5 Å². The molecule has 0 saturated heterocycles. The minimum absolute atomic E-state index is 0.685. The first-order valence-corrected chi connectivity index (χ1v) is 3.53. The Labute approximate surface area is 57.8 Å². The lowest BCUT2D eigenvalue weighted by molar-refractivity contribution is 0.347. The first-order valence-electron chi connectivity index (χ1n) is 2.76. The lowest BCUT2D eigenvalue weighted by Gasteiger charge is -1.94. The van der Waals surface area contributed by atoms with Crippen molar-refractivity contribution < 1.29 is 4.74 Å². The van der Waals surface area contributed by atoms with Crippen molar-refractivity contribution in [2.24, 2.45) is 0 Å². The Morgan fingerprint density at radius 2 is 2.44 bits per heavy atom. The zero-order valence-corrected chi connectivity index (χ0v) is 6.23. The average molecular weight is 144 g/mol. The van der Waals surface area contributed by atoms with E-state index in [1.54, 1.807) is 0 Å². The van der Waals surface area contributed by atoms with Gasteiger partial charge in [-0.05, 0) is 13.8 Å². The van der Waals surface area contributed by atoms with Gasteiger partial charge in [0.2, 0.25) is 5.06 Å². The van der Waals surface area contributed by atoms with Crippen LogP contribution in [0, 0.1) is 6.92 Å². The van der Waals surface area contributed by atoms with E-state index in [1.807, 2.05) is 13.8 Å². The maximum absolute atomic E-state index is 5.17. The molecule has 0 unspecified atom stereocenters. The Bertz CT molecular complexity index is 187. The van der Waals surface area contributed by atoms with E-state index < -0.39 is 0 Å². The Morgan fingerprint density at radius 3 is 2.89 bits per heavy atom. The van der Waals surface area contributed by atoms with E-state index >= 15 is 0 Å². The minimum atomic E-state index is 0.685. The highest BCUT2D eigenvalue weighted by Crippen LogP contribution is 2.18. The van der Waals surface area contributed by atoms with E-state index in [9.17, 15) is 0 Å². The fourth-order valence-corrected chi connectivity index (χ4v) is 1.07. The number of ether oxygens (including phenoxy) is 1. The first-order chi connectivity index (χ1) is 4.34. The number of aromatic nitrogens is 2. The van der Waals surface area contributed by atoms with Crippen molar-refractivity contribution >= 4 is 11.5 Å². The van der Waals surface area contributed by atoms with Crippen molar-refractivity contribution in [3.63, 3.8) is 0 Å². The summed E-state index contributed by atoms with van der Waals surface area (Å²) in [6, 6.07) is 0. The van der Waals surface area contributed by atoms with Crippen molar-refractivity contribution in [2.45, 2.75) is 13.8 Å². The molecule has 0 aromatic carbocycles. The summed E-state index contributed by atoms with van der Waals surface area (Å²) in [4.78, 5) is 0. The standard InChI is InChI=1S/C5H8N2OS/c1-3-8-5-4(2)6-7-9-5/h3H2,1-2H3. The van der Waals surface area contributed by atoms with Crippen LogP contribution in [0.15, 0.2) is 0 Å². The van der Waals surface area contributed by atoms with E-state index in [0.29, 0.717) is 6.61 Å². The molecule has 3 nitrogen and oxygen atoms in total. The number of aryl methyl sites for hydroxylation is 1. The summed E-state index contributed by atoms with van der Waals surface area (Å²) in [6.07, 6.45) is 0. The third kappa shape index (κ3) is 1.38. The molecule has 1 heterocycles. The second kappa shape index (κ2) is 2.77. The lowest BCUT2D eigenvalue weighted by Crippen LogP contribution is -1.89. The topological polar surface area (TPSA) is 35.0 Å². The predicted molar refractivity (Wildman–Crippen MR) is 35.8 cm³/mol. The monoisotopic (exact) mass is 144 g/mol. The maximum Gasteiger partial charge on any atom is 0.217 e. The summed E-state index contributed by atoms with van der Waals surface area (Å²) in [7, 11) is 0. The van der Waals surface area contributed by atoms with Crippen molar-refractivity contribution in [1.82, 2.24) is 9.59 Å². The molecule has 0 N–H and O–H groups in total. The Morgan fingerprint density at radius 1 is 1.67 bits per heavy atom. The number of hydrogen-bond donors (Lipinski definition) is 0. The SMILES string of the molecule is CCOc1snnc1C. The second-order valence-electron chi connectivity index (χ2n) is 1.58. The molecule has 0 amide bonds. The normalized spacial score (nSPS) is 9.56. The zero-order valence-electron chi connectivity index (χ0n) is 5.42.